The van der Waals surface area contributed by atoms with Gasteiger partial charge in [0.15, 0.2) is 12.4 Å². The minimum Gasteiger partial charge on any atom is -0.349 e. The number of hydrogen-bond acceptors (Lipinski definition) is 8. The number of aromatic nitrogens is 2. The molecule has 1 aromatic heterocycles. The molecule has 2 aliphatic rings. The maximum Gasteiger partial charge on any atom is 0.351 e. The van der Waals surface area contributed by atoms with E-state index in [2.05, 4.69) is 26.8 Å². The van der Waals surface area contributed by atoms with Crippen LogP contribution in [0, 0.1) is 0 Å². The highest BCUT2D eigenvalue weighted by atomic mass is 31.2. The molecule has 0 aliphatic carbocycles. The Hall–Kier alpha value is -1.49. The van der Waals surface area contributed by atoms with Crippen molar-refractivity contribution in [1.82, 2.24) is 19.1 Å². The van der Waals surface area contributed by atoms with Gasteiger partial charge in [0.05, 0.1) is 12.2 Å². The van der Waals surface area contributed by atoms with Crippen molar-refractivity contribution in [3.63, 3.8) is 0 Å². The van der Waals surface area contributed by atoms with Crippen LogP contribution >= 0.6 is 8.53 Å². The Morgan fingerprint density at radius 2 is 2.11 bits per heavy atom. The predicted octanol–water partition coefficient (Wildman–Crippen LogP) is 3.69. The van der Waals surface area contributed by atoms with E-state index >= 15 is 4.39 Å². The van der Waals surface area contributed by atoms with Gasteiger partial charge in [-0.3, -0.25) is 9.36 Å². The fraction of sp³-hybridized carbons (Fsp3) is 0.792. The lowest BCUT2D eigenvalue weighted by Crippen LogP contribution is -2.42. The molecule has 2 saturated heterocycles. The summed E-state index contributed by atoms with van der Waals surface area (Å²) in [7, 11) is -1.68. The molecule has 0 spiro atoms. The van der Waals surface area contributed by atoms with Crippen molar-refractivity contribution in [2.75, 3.05) is 25.0 Å². The van der Waals surface area contributed by atoms with E-state index in [-0.39, 0.29) is 36.8 Å². The second kappa shape index (κ2) is 12.8. The molecule has 3 heterocycles. The number of nitrogens with zero attached hydrogens (tertiary/aromatic N) is 4. The lowest BCUT2D eigenvalue weighted by molar-refractivity contribution is -0.114. The molecule has 10 nitrogen and oxygen atoms in total. The molecule has 2 aliphatic heterocycles. The van der Waals surface area contributed by atoms with Crippen LogP contribution in [0.2, 0.25) is 0 Å². The van der Waals surface area contributed by atoms with Crippen LogP contribution in [0.4, 0.5) is 10.2 Å². The summed E-state index contributed by atoms with van der Waals surface area (Å²) in [5.41, 5.74) is -0.769. The number of piperidine rings is 1. The Bertz CT molecular complexity index is 948. The number of carbonyl (C=O) groups excluding carboxylic acids is 1. The van der Waals surface area contributed by atoms with Gasteiger partial charge in [-0.15, -0.1) is 0 Å². The first-order chi connectivity index (χ1) is 17.5. The van der Waals surface area contributed by atoms with Gasteiger partial charge in [-0.25, -0.2) is 13.9 Å². The molecular formula is C24H41FN5O5P. The van der Waals surface area contributed by atoms with Crippen LogP contribution in [0.25, 0.3) is 0 Å². The molecule has 204 valence electrons. The van der Waals surface area contributed by atoms with Gasteiger partial charge in [0, 0.05) is 33.1 Å². The average Bonchev–Trinajstić information content (AvgIpc) is 3.13. The predicted molar refractivity (Wildman–Crippen MR) is 137 cm³/mol. The van der Waals surface area contributed by atoms with Crippen molar-refractivity contribution >= 4 is 20.3 Å². The van der Waals surface area contributed by atoms with E-state index in [9.17, 15) is 9.59 Å². The first-order valence-corrected chi connectivity index (χ1v) is 13.8. The summed E-state index contributed by atoms with van der Waals surface area (Å²) in [5.74, 6) is -0.303. The Labute approximate surface area is 215 Å². The van der Waals surface area contributed by atoms with E-state index in [0.717, 1.165) is 37.0 Å². The minimum absolute atomic E-state index is 0.0430. The van der Waals surface area contributed by atoms with Gasteiger partial charge < -0.3 is 24.0 Å². The average molecular weight is 531 g/mol. The Balaban J connectivity index is 1.84. The van der Waals surface area contributed by atoms with Gasteiger partial charge in [-0.1, -0.05) is 6.92 Å². The van der Waals surface area contributed by atoms with Gasteiger partial charge in [-0.05, 0) is 66.6 Å². The fourth-order valence-corrected chi connectivity index (χ4v) is 6.53. The number of likely N-dealkylation sites (tertiary alicyclic amines) is 1. The summed E-state index contributed by atoms with van der Waals surface area (Å²) in [6, 6.07) is 1.56. The highest BCUT2D eigenvalue weighted by Crippen LogP contribution is 2.51. The molecule has 3 rings (SSSR count). The molecular weight excluding hydrogens is 488 g/mol. The van der Waals surface area contributed by atoms with Gasteiger partial charge >= 0.3 is 5.69 Å². The van der Waals surface area contributed by atoms with Crippen molar-refractivity contribution < 1.29 is 24.3 Å². The summed E-state index contributed by atoms with van der Waals surface area (Å²) in [4.78, 5) is 30.0. The van der Waals surface area contributed by atoms with Crippen molar-refractivity contribution in [2.24, 2.45) is 0 Å². The normalized spacial score (nSPS) is 28.6. The molecule has 1 N–H and O–H groups in total. The van der Waals surface area contributed by atoms with Gasteiger partial charge in [0.25, 0.3) is 8.53 Å². The summed E-state index contributed by atoms with van der Waals surface area (Å²) < 4.78 is 45.8. The number of halogens is 1. The molecule has 0 bridgehead atoms. The lowest BCUT2D eigenvalue weighted by atomic mass is 10.1. The van der Waals surface area contributed by atoms with Crippen LogP contribution in [-0.4, -0.2) is 81.2 Å². The zero-order valence-corrected chi connectivity index (χ0v) is 23.0. The van der Waals surface area contributed by atoms with E-state index in [1.807, 2.05) is 27.7 Å². The van der Waals surface area contributed by atoms with Crippen molar-refractivity contribution in [1.29, 1.82) is 0 Å². The van der Waals surface area contributed by atoms with Gasteiger partial charge in [-0.2, -0.15) is 4.98 Å². The van der Waals surface area contributed by atoms with Gasteiger partial charge in [0.1, 0.15) is 11.9 Å². The Morgan fingerprint density at radius 1 is 1.39 bits per heavy atom. The lowest BCUT2D eigenvalue weighted by Gasteiger charge is -2.41. The highest BCUT2D eigenvalue weighted by Gasteiger charge is 2.48. The number of amides is 1. The molecule has 0 radical (unpaired) electrons. The van der Waals surface area contributed by atoms with E-state index < -0.39 is 38.8 Å². The van der Waals surface area contributed by atoms with E-state index in [4.69, 9.17) is 15.2 Å². The third kappa shape index (κ3) is 7.08. The quantitative estimate of drug-likeness (QED) is 0.458. The molecule has 0 saturated carbocycles. The number of rotatable bonds is 10. The van der Waals surface area contributed by atoms with Crippen molar-refractivity contribution in [3.8, 4) is 0 Å². The minimum atomic E-state index is -1.73. The second-order valence-corrected chi connectivity index (χ2v) is 11.2. The smallest absolute Gasteiger partial charge is 0.349 e. The summed E-state index contributed by atoms with van der Waals surface area (Å²) in [5, 5.41) is 2.43. The van der Waals surface area contributed by atoms with Crippen molar-refractivity contribution in [3.05, 3.63) is 22.7 Å². The molecule has 1 aromatic rings. The van der Waals surface area contributed by atoms with Gasteiger partial charge in [0.2, 0.25) is 5.91 Å². The summed E-state index contributed by atoms with van der Waals surface area (Å²) >= 11 is 0. The Kier molecular flexibility index (Phi) is 9.83. The zero-order valence-electron chi connectivity index (χ0n) is 23.1. The fourth-order valence-electron chi connectivity index (χ4n) is 4.63. The number of ether oxygens (including phenoxy) is 1. The molecule has 6 unspecified atom stereocenters. The second-order valence-electron chi connectivity index (χ2n) is 9.83. The molecule has 0 aromatic carbocycles. The van der Waals surface area contributed by atoms with Crippen LogP contribution < -0.4 is 11.0 Å². The first-order valence-electron chi connectivity index (χ1n) is 13.4. The molecule has 6 atom stereocenters. The van der Waals surface area contributed by atoms with E-state index in [1.165, 1.54) is 19.2 Å². The number of anilines is 1. The van der Waals surface area contributed by atoms with E-state index in [0.29, 0.717) is 0 Å². The maximum absolute atomic E-state index is 15.9. The highest BCUT2D eigenvalue weighted by molar-refractivity contribution is 7.44. The topological polar surface area (TPSA) is 98.2 Å². The molecule has 12 heteroatoms. The zero-order chi connectivity index (χ0) is 27.3. The number of carbonyl (C=O) groups is 1. The number of hydrogen-bond donors (Lipinski definition) is 1. The van der Waals surface area contributed by atoms with Crippen LogP contribution in [-0.2, 0) is 18.6 Å². The van der Waals surface area contributed by atoms with Crippen molar-refractivity contribution in [2.45, 2.75) is 104 Å². The Morgan fingerprint density at radius 3 is 2.69 bits per heavy atom. The van der Waals surface area contributed by atoms with Crippen LogP contribution in [0.5, 0.6) is 0 Å². The summed E-state index contributed by atoms with van der Waals surface area (Å²) in [6.45, 7) is 14.1. The largest absolute Gasteiger partial charge is 0.351 e. The third-order valence-electron chi connectivity index (χ3n) is 6.28. The molecule has 2 fully saturated rings. The molecule has 36 heavy (non-hydrogen) atoms. The third-order valence-corrected chi connectivity index (χ3v) is 8.49. The maximum atomic E-state index is 15.9. The summed E-state index contributed by atoms with van der Waals surface area (Å²) in [6.07, 6.45) is -1.82. The molecule has 1 amide bonds. The van der Waals surface area contributed by atoms with E-state index in [1.54, 1.807) is 0 Å². The number of likely N-dealkylation sites (N-methyl/N-ethyl adjacent to an activating group) is 1. The monoisotopic (exact) mass is 530 g/mol. The first kappa shape index (κ1) is 27.5. The standard InChI is InChI=1S/C24H41FN5O5P/c1-8-28-12-9-10-19(14-28)34-36(30(15(2)3)16(4)5)35-22-17(6)33-23(21(22)25)29-13-11-20(26-18(7)31)27-24(29)32/h11,13,15-17,19,21-23H,8-10,12,14H2,1-7H3,(H,26,27,31,32)/i6D. The van der Waals surface area contributed by atoms with Crippen LogP contribution in [0.3, 0.4) is 0 Å². The van der Waals surface area contributed by atoms with Crippen LogP contribution in [0.15, 0.2) is 17.1 Å². The number of alkyl halides is 1. The number of nitrogens with one attached hydrogen (secondary N) is 1. The van der Waals surface area contributed by atoms with Crippen LogP contribution in [0.1, 0.15) is 68.9 Å². The SMILES string of the molecule is [2H]CC1OC(n2ccc(NC(C)=O)nc2=O)C(F)C1OP(OC1CCCN(CC)C1)N(C(C)C)C(C)C.